The van der Waals surface area contributed by atoms with Gasteiger partial charge < -0.3 is 18.9 Å². The molecule has 0 atom stereocenters. The third kappa shape index (κ3) is 14.7. The fourth-order valence-electron chi connectivity index (χ4n) is 4.81. The van der Waals surface area contributed by atoms with Gasteiger partial charge in [-0.05, 0) is 51.5 Å². The van der Waals surface area contributed by atoms with Gasteiger partial charge in [-0.25, -0.2) is 0 Å². The molecule has 0 bridgehead atoms. The maximum Gasteiger partial charge on any atom is 0.306 e. The topological polar surface area (TPSA) is 105 Å². The highest BCUT2D eigenvalue weighted by molar-refractivity contribution is 5.76. The quantitative estimate of drug-likeness (QED) is 0.164. The molecule has 0 saturated heterocycles. The summed E-state index contributed by atoms with van der Waals surface area (Å²) in [6, 6.07) is 9.52. The molecule has 0 aliphatic heterocycles. The van der Waals surface area contributed by atoms with E-state index in [4.69, 9.17) is 18.9 Å². The van der Waals surface area contributed by atoms with Crippen LogP contribution in [-0.2, 0) is 43.5 Å². The molecule has 0 heterocycles. The fraction of sp³-hybridized carbons (Fsp3) is 0.677. The van der Waals surface area contributed by atoms with E-state index in [-0.39, 0.29) is 42.1 Å². The minimum atomic E-state index is -0.611. The smallest absolute Gasteiger partial charge is 0.306 e. The Bertz CT molecular complexity index is 801. The number of hydrogen-bond acceptors (Lipinski definition) is 8. The first-order valence-corrected chi connectivity index (χ1v) is 14.2. The lowest BCUT2D eigenvalue weighted by Gasteiger charge is -2.31. The standard InChI is InChI=1S/C16H22O4.C15H28O4/c1-4-19-14(17)11-16(3,12-15(18)20-5-2)13-9-7-6-8-10-13;1-5-9-15(10-6-2,11-13(16)18-7-3)12-14(17)19-8-4/h6-10H,4-5,11-12H2,1-3H3;5-12H2,1-4H3. The number of hydrogen-bond donors (Lipinski definition) is 0. The molecule has 0 saturated carbocycles. The molecule has 8 nitrogen and oxygen atoms in total. The summed E-state index contributed by atoms with van der Waals surface area (Å²) in [6.07, 6.45) is 4.50. The molecular formula is C31H50O8. The maximum absolute atomic E-state index is 11.8. The lowest BCUT2D eigenvalue weighted by Crippen LogP contribution is -2.30. The Kier molecular flexibility index (Phi) is 18.6. The summed E-state index contributed by atoms with van der Waals surface area (Å²) in [5, 5.41) is 0. The van der Waals surface area contributed by atoms with E-state index in [1.54, 1.807) is 27.7 Å². The van der Waals surface area contributed by atoms with Crippen molar-refractivity contribution in [2.75, 3.05) is 26.4 Å². The second-order valence-electron chi connectivity index (χ2n) is 9.85. The highest BCUT2D eigenvalue weighted by Crippen LogP contribution is 2.38. The predicted molar refractivity (Wildman–Crippen MR) is 151 cm³/mol. The second kappa shape index (κ2) is 20.1. The van der Waals surface area contributed by atoms with Crippen molar-refractivity contribution < 1.29 is 38.1 Å². The number of ether oxygens (including phenoxy) is 4. The summed E-state index contributed by atoms with van der Waals surface area (Å²) in [6.45, 7) is 14.6. The molecule has 0 aliphatic carbocycles. The van der Waals surface area contributed by atoms with Crippen molar-refractivity contribution in [2.24, 2.45) is 5.41 Å². The van der Waals surface area contributed by atoms with Gasteiger partial charge in [-0.3, -0.25) is 19.2 Å². The number of esters is 4. The zero-order valence-corrected chi connectivity index (χ0v) is 25.1. The molecule has 0 radical (unpaired) electrons. The summed E-state index contributed by atoms with van der Waals surface area (Å²) in [5.41, 5.74) is 0.0167. The molecule has 0 N–H and O–H groups in total. The van der Waals surface area contributed by atoms with Crippen LogP contribution in [0.2, 0.25) is 0 Å². The Morgan fingerprint density at radius 3 is 1.21 bits per heavy atom. The highest BCUT2D eigenvalue weighted by Gasteiger charge is 2.35. The van der Waals surface area contributed by atoms with Gasteiger partial charge in [-0.15, -0.1) is 0 Å². The Morgan fingerprint density at radius 2 is 0.897 bits per heavy atom. The minimum Gasteiger partial charge on any atom is -0.466 e. The van der Waals surface area contributed by atoms with E-state index >= 15 is 0 Å². The molecule has 0 amide bonds. The first-order valence-electron chi connectivity index (χ1n) is 14.2. The zero-order valence-electron chi connectivity index (χ0n) is 25.1. The Morgan fingerprint density at radius 1 is 0.564 bits per heavy atom. The van der Waals surface area contributed by atoms with Crippen molar-refractivity contribution in [3.8, 4) is 0 Å². The normalized spacial score (nSPS) is 11.1. The lowest BCUT2D eigenvalue weighted by atomic mass is 9.74. The minimum absolute atomic E-state index is 0.156. The van der Waals surface area contributed by atoms with E-state index in [0.717, 1.165) is 31.2 Å². The van der Waals surface area contributed by atoms with Crippen molar-refractivity contribution in [1.82, 2.24) is 0 Å². The molecular weight excluding hydrogens is 500 g/mol. The average Bonchev–Trinajstić information content (AvgIpc) is 2.85. The Labute approximate surface area is 235 Å². The molecule has 0 aliphatic rings. The first kappa shape index (κ1) is 36.1. The largest absolute Gasteiger partial charge is 0.466 e. The van der Waals surface area contributed by atoms with Crippen molar-refractivity contribution >= 4 is 23.9 Å². The van der Waals surface area contributed by atoms with Crippen molar-refractivity contribution in [1.29, 1.82) is 0 Å². The third-order valence-corrected chi connectivity index (χ3v) is 6.36. The monoisotopic (exact) mass is 550 g/mol. The van der Waals surface area contributed by atoms with Crippen molar-refractivity contribution in [2.45, 2.75) is 105 Å². The second-order valence-corrected chi connectivity index (χ2v) is 9.85. The van der Waals surface area contributed by atoms with Crippen LogP contribution in [0.1, 0.15) is 105 Å². The van der Waals surface area contributed by atoms with Crippen LogP contribution in [0.5, 0.6) is 0 Å². The van der Waals surface area contributed by atoms with Gasteiger partial charge in [0.1, 0.15) is 0 Å². The summed E-state index contributed by atoms with van der Waals surface area (Å²) in [4.78, 5) is 47.1. The van der Waals surface area contributed by atoms with Crippen LogP contribution in [0.3, 0.4) is 0 Å². The highest BCUT2D eigenvalue weighted by atomic mass is 16.5. The van der Waals surface area contributed by atoms with Gasteiger partial charge in [0, 0.05) is 5.41 Å². The molecule has 222 valence electrons. The molecule has 0 fully saturated rings. The molecule has 39 heavy (non-hydrogen) atoms. The van der Waals surface area contributed by atoms with Crippen LogP contribution in [-0.4, -0.2) is 50.3 Å². The van der Waals surface area contributed by atoms with E-state index in [1.165, 1.54) is 0 Å². The van der Waals surface area contributed by atoms with Crippen molar-refractivity contribution in [3.05, 3.63) is 35.9 Å². The van der Waals surface area contributed by atoms with Crippen LogP contribution in [0.4, 0.5) is 0 Å². The number of rotatable bonds is 17. The first-order chi connectivity index (χ1) is 18.5. The van der Waals surface area contributed by atoms with Crippen LogP contribution in [0.25, 0.3) is 0 Å². The summed E-state index contributed by atoms with van der Waals surface area (Å²) in [7, 11) is 0. The van der Waals surface area contributed by atoms with Crippen molar-refractivity contribution in [3.63, 3.8) is 0 Å². The lowest BCUT2D eigenvalue weighted by molar-refractivity contribution is -0.151. The predicted octanol–water partition coefficient (Wildman–Crippen LogP) is 6.33. The van der Waals surface area contributed by atoms with Gasteiger partial charge in [-0.1, -0.05) is 63.9 Å². The molecule has 0 spiro atoms. The average molecular weight is 551 g/mol. The van der Waals surface area contributed by atoms with Crippen LogP contribution < -0.4 is 0 Å². The summed E-state index contributed by atoms with van der Waals surface area (Å²) >= 11 is 0. The SMILES string of the molecule is CCCC(CCC)(CC(=O)OCC)CC(=O)OCC.CCOC(=O)CC(C)(CC(=O)OCC)c1ccccc1. The number of benzene rings is 1. The third-order valence-electron chi connectivity index (χ3n) is 6.36. The fourth-order valence-corrected chi connectivity index (χ4v) is 4.81. The summed E-state index contributed by atoms with van der Waals surface area (Å²) < 4.78 is 20.1. The van der Waals surface area contributed by atoms with Gasteiger partial charge in [0.25, 0.3) is 0 Å². The van der Waals surface area contributed by atoms with E-state index in [9.17, 15) is 19.2 Å². The molecule has 1 aromatic carbocycles. The molecule has 8 heteroatoms. The van der Waals surface area contributed by atoms with Crippen LogP contribution >= 0.6 is 0 Å². The summed E-state index contributed by atoms with van der Waals surface area (Å²) in [5.74, 6) is -1.03. The molecule has 1 aromatic rings. The van der Waals surface area contributed by atoms with Crippen LogP contribution in [0, 0.1) is 5.41 Å². The Balaban J connectivity index is 0.000000742. The van der Waals surface area contributed by atoms with E-state index in [1.807, 2.05) is 37.3 Å². The number of carbonyl (C=O) groups is 4. The number of carbonyl (C=O) groups excluding carboxylic acids is 4. The zero-order chi connectivity index (χ0) is 29.7. The maximum atomic E-state index is 11.8. The van der Waals surface area contributed by atoms with Gasteiger partial charge >= 0.3 is 23.9 Å². The van der Waals surface area contributed by atoms with E-state index in [0.29, 0.717) is 39.3 Å². The molecule has 0 aromatic heterocycles. The van der Waals surface area contributed by atoms with Gasteiger partial charge in [0.15, 0.2) is 0 Å². The van der Waals surface area contributed by atoms with E-state index < -0.39 is 5.41 Å². The van der Waals surface area contributed by atoms with Gasteiger partial charge in [0.05, 0.1) is 52.1 Å². The van der Waals surface area contributed by atoms with Crippen LogP contribution in [0.15, 0.2) is 30.3 Å². The van der Waals surface area contributed by atoms with Gasteiger partial charge in [-0.2, -0.15) is 0 Å². The van der Waals surface area contributed by atoms with E-state index in [2.05, 4.69) is 13.8 Å². The molecule has 0 unspecified atom stereocenters. The molecule has 1 rings (SSSR count). The van der Waals surface area contributed by atoms with Gasteiger partial charge in [0.2, 0.25) is 0 Å². The Hall–Kier alpha value is -2.90.